The average molecular weight is 308 g/mol. The molecule has 2 aliphatic heterocycles. The molecule has 0 amide bonds. The van der Waals surface area contributed by atoms with E-state index in [2.05, 4.69) is 34.5 Å². The van der Waals surface area contributed by atoms with Crippen LogP contribution in [0.5, 0.6) is 5.75 Å². The molecule has 3 rings (SSSR count). The summed E-state index contributed by atoms with van der Waals surface area (Å²) in [6.07, 6.45) is 4.39. The van der Waals surface area contributed by atoms with E-state index in [4.69, 9.17) is 10.00 Å². The standard InChI is InChI=1S/C16H21N3O.ClH/c17-7-6-14-11-18-15-5-4-13(10-16(15)20-14)12-19-8-2-1-3-9-19;/h4-5,10,14,18H,1-3,6,8-9,11-12H2;1H. The maximum absolute atomic E-state index is 8.77. The van der Waals surface area contributed by atoms with Gasteiger partial charge in [0, 0.05) is 6.54 Å². The van der Waals surface area contributed by atoms with Crippen molar-refractivity contribution in [3.63, 3.8) is 0 Å². The Balaban J connectivity index is 0.00000161. The Labute approximate surface area is 132 Å². The van der Waals surface area contributed by atoms with Crippen LogP contribution in [-0.2, 0) is 6.54 Å². The number of likely N-dealkylation sites (tertiary alicyclic amines) is 1. The molecule has 0 radical (unpaired) electrons. The molecule has 0 aromatic heterocycles. The number of piperidine rings is 1. The van der Waals surface area contributed by atoms with E-state index in [1.165, 1.54) is 37.9 Å². The maximum atomic E-state index is 8.77. The molecule has 2 heterocycles. The molecule has 1 unspecified atom stereocenters. The molecule has 0 aliphatic carbocycles. The highest BCUT2D eigenvalue weighted by Crippen LogP contribution is 2.31. The predicted molar refractivity (Wildman–Crippen MR) is 86.0 cm³/mol. The van der Waals surface area contributed by atoms with Crippen molar-refractivity contribution in [3.8, 4) is 11.8 Å². The van der Waals surface area contributed by atoms with Crippen molar-refractivity contribution in [1.29, 1.82) is 5.26 Å². The number of hydrogen-bond donors (Lipinski definition) is 1. The van der Waals surface area contributed by atoms with E-state index in [1.807, 2.05) is 0 Å². The molecule has 0 spiro atoms. The lowest BCUT2D eigenvalue weighted by Crippen LogP contribution is -2.31. The van der Waals surface area contributed by atoms with Crippen LogP contribution in [0.3, 0.4) is 0 Å². The second kappa shape index (κ2) is 7.53. The van der Waals surface area contributed by atoms with E-state index in [9.17, 15) is 0 Å². The van der Waals surface area contributed by atoms with Gasteiger partial charge in [-0.05, 0) is 43.6 Å². The minimum absolute atomic E-state index is 0. The number of nitrogens with one attached hydrogen (secondary N) is 1. The van der Waals surface area contributed by atoms with Crippen LogP contribution in [0.25, 0.3) is 0 Å². The number of anilines is 1. The molecule has 1 N–H and O–H groups in total. The lowest BCUT2D eigenvalue weighted by molar-refractivity contribution is 0.208. The minimum Gasteiger partial charge on any atom is -0.485 e. The Kier molecular flexibility index (Phi) is 5.72. The number of ether oxygens (including phenoxy) is 1. The summed E-state index contributed by atoms with van der Waals surface area (Å²) >= 11 is 0. The van der Waals surface area contributed by atoms with Crippen LogP contribution in [0.1, 0.15) is 31.2 Å². The van der Waals surface area contributed by atoms with Crippen molar-refractivity contribution < 1.29 is 4.74 Å². The second-order valence-corrected chi connectivity index (χ2v) is 5.65. The van der Waals surface area contributed by atoms with E-state index in [0.717, 1.165) is 18.0 Å². The minimum atomic E-state index is -0.0299. The summed E-state index contributed by atoms with van der Waals surface area (Å²) in [7, 11) is 0. The van der Waals surface area contributed by atoms with Crippen LogP contribution in [0.2, 0.25) is 0 Å². The van der Waals surface area contributed by atoms with E-state index in [1.54, 1.807) is 0 Å². The molecule has 0 bridgehead atoms. The molecule has 5 heteroatoms. The molecule has 0 saturated carbocycles. The monoisotopic (exact) mass is 307 g/mol. The molecule has 1 fully saturated rings. The summed E-state index contributed by atoms with van der Waals surface area (Å²) in [6, 6.07) is 8.57. The van der Waals surface area contributed by atoms with Gasteiger partial charge in [-0.25, -0.2) is 0 Å². The van der Waals surface area contributed by atoms with Gasteiger partial charge in [0.05, 0.1) is 24.7 Å². The summed E-state index contributed by atoms with van der Waals surface area (Å²) in [5, 5.41) is 12.1. The fourth-order valence-corrected chi connectivity index (χ4v) is 2.95. The summed E-state index contributed by atoms with van der Waals surface area (Å²) in [4.78, 5) is 2.51. The van der Waals surface area contributed by atoms with E-state index in [-0.39, 0.29) is 18.5 Å². The zero-order valence-corrected chi connectivity index (χ0v) is 13.0. The van der Waals surface area contributed by atoms with Crippen LogP contribution < -0.4 is 10.1 Å². The van der Waals surface area contributed by atoms with Crippen molar-refractivity contribution in [1.82, 2.24) is 4.90 Å². The quantitative estimate of drug-likeness (QED) is 0.931. The van der Waals surface area contributed by atoms with E-state index < -0.39 is 0 Å². The Morgan fingerprint density at radius 3 is 2.86 bits per heavy atom. The SMILES string of the molecule is Cl.N#CCC1CNc2ccc(CN3CCCCC3)cc2O1. The van der Waals surface area contributed by atoms with Gasteiger partial charge in [0.25, 0.3) is 0 Å². The summed E-state index contributed by atoms with van der Waals surface area (Å²) in [6.45, 7) is 4.12. The lowest BCUT2D eigenvalue weighted by Gasteiger charge is -2.29. The third-order valence-electron chi connectivity index (χ3n) is 4.03. The highest BCUT2D eigenvalue weighted by molar-refractivity contribution is 5.85. The Morgan fingerprint density at radius 1 is 1.29 bits per heavy atom. The topological polar surface area (TPSA) is 48.3 Å². The molecule has 114 valence electrons. The third kappa shape index (κ3) is 4.03. The van der Waals surface area contributed by atoms with Gasteiger partial charge in [0.2, 0.25) is 0 Å². The molecular weight excluding hydrogens is 286 g/mol. The summed E-state index contributed by atoms with van der Waals surface area (Å²) < 4.78 is 5.90. The largest absolute Gasteiger partial charge is 0.485 e. The van der Waals surface area contributed by atoms with Crippen molar-refractivity contribution in [2.45, 2.75) is 38.3 Å². The van der Waals surface area contributed by atoms with Gasteiger partial charge in [-0.1, -0.05) is 12.5 Å². The zero-order valence-electron chi connectivity index (χ0n) is 12.2. The number of benzene rings is 1. The van der Waals surface area contributed by atoms with Crippen molar-refractivity contribution in [2.24, 2.45) is 0 Å². The lowest BCUT2D eigenvalue weighted by atomic mass is 10.1. The first-order chi connectivity index (χ1) is 9.85. The van der Waals surface area contributed by atoms with Gasteiger partial charge >= 0.3 is 0 Å². The average Bonchev–Trinajstić information content (AvgIpc) is 2.48. The van der Waals surface area contributed by atoms with Crippen LogP contribution in [-0.4, -0.2) is 30.6 Å². The molecule has 2 aliphatic rings. The number of halogens is 1. The molecular formula is C16H22ClN3O. The number of hydrogen-bond acceptors (Lipinski definition) is 4. The summed E-state index contributed by atoms with van der Waals surface area (Å²) in [5.41, 5.74) is 2.34. The van der Waals surface area contributed by atoms with E-state index >= 15 is 0 Å². The van der Waals surface area contributed by atoms with Crippen LogP contribution >= 0.6 is 12.4 Å². The predicted octanol–water partition coefficient (Wildman–Crippen LogP) is 3.18. The molecule has 1 atom stereocenters. The summed E-state index contributed by atoms with van der Waals surface area (Å²) in [5.74, 6) is 0.894. The van der Waals surface area contributed by atoms with Crippen LogP contribution in [0, 0.1) is 11.3 Å². The zero-order chi connectivity index (χ0) is 13.8. The first-order valence-electron chi connectivity index (χ1n) is 7.48. The number of nitriles is 1. The van der Waals surface area contributed by atoms with Gasteiger partial charge in [-0.2, -0.15) is 5.26 Å². The van der Waals surface area contributed by atoms with Gasteiger partial charge in [-0.15, -0.1) is 12.4 Å². The molecule has 21 heavy (non-hydrogen) atoms. The fourth-order valence-electron chi connectivity index (χ4n) is 2.95. The normalized spacial score (nSPS) is 21.2. The molecule has 1 saturated heterocycles. The van der Waals surface area contributed by atoms with Crippen LogP contribution in [0.15, 0.2) is 18.2 Å². The van der Waals surface area contributed by atoms with Crippen molar-refractivity contribution in [2.75, 3.05) is 25.0 Å². The molecule has 4 nitrogen and oxygen atoms in total. The molecule has 1 aromatic rings. The van der Waals surface area contributed by atoms with Crippen molar-refractivity contribution >= 4 is 18.1 Å². The molecule has 1 aromatic carbocycles. The first kappa shape index (κ1) is 15.9. The van der Waals surface area contributed by atoms with Gasteiger partial charge in [-0.3, -0.25) is 4.90 Å². The van der Waals surface area contributed by atoms with Gasteiger partial charge < -0.3 is 10.1 Å². The van der Waals surface area contributed by atoms with Gasteiger partial charge in [0.15, 0.2) is 0 Å². The first-order valence-corrected chi connectivity index (χ1v) is 7.48. The fraction of sp³-hybridized carbons (Fsp3) is 0.562. The Bertz CT molecular complexity index is 509. The third-order valence-corrected chi connectivity index (χ3v) is 4.03. The smallest absolute Gasteiger partial charge is 0.143 e. The second-order valence-electron chi connectivity index (χ2n) is 5.65. The number of rotatable bonds is 3. The number of fused-ring (bicyclic) bond motifs is 1. The van der Waals surface area contributed by atoms with Crippen molar-refractivity contribution in [3.05, 3.63) is 23.8 Å². The van der Waals surface area contributed by atoms with Gasteiger partial charge in [0.1, 0.15) is 11.9 Å². The highest BCUT2D eigenvalue weighted by atomic mass is 35.5. The Hall–Kier alpha value is -1.44. The Morgan fingerprint density at radius 2 is 2.10 bits per heavy atom. The van der Waals surface area contributed by atoms with E-state index in [0.29, 0.717) is 13.0 Å². The maximum Gasteiger partial charge on any atom is 0.143 e. The number of nitrogens with zero attached hydrogens (tertiary/aromatic N) is 2. The highest BCUT2D eigenvalue weighted by Gasteiger charge is 2.19. The van der Waals surface area contributed by atoms with Crippen LogP contribution in [0.4, 0.5) is 5.69 Å².